The first-order chi connectivity index (χ1) is 16.0. The van der Waals surface area contributed by atoms with Crippen molar-refractivity contribution in [3.05, 3.63) is 83.6 Å². The van der Waals surface area contributed by atoms with Crippen molar-refractivity contribution < 1.29 is 14.4 Å². The van der Waals surface area contributed by atoms with Crippen molar-refractivity contribution in [2.75, 3.05) is 12.4 Å². The molecular formula is C24H24N6O3. The highest BCUT2D eigenvalue weighted by Crippen LogP contribution is 2.23. The lowest BCUT2D eigenvalue weighted by Crippen LogP contribution is -2.31. The zero-order valence-corrected chi connectivity index (χ0v) is 18.3. The summed E-state index contributed by atoms with van der Waals surface area (Å²) < 4.78 is 5.05. The maximum Gasteiger partial charge on any atom is 0.326 e. The molecule has 0 aliphatic heterocycles. The number of nitrogens with zero attached hydrogens (tertiary/aromatic N) is 2. The molecule has 0 aliphatic carbocycles. The number of aryl methyl sites for hydroxylation is 1. The lowest BCUT2D eigenvalue weighted by Gasteiger charge is -2.11. The number of urea groups is 1. The molecule has 33 heavy (non-hydrogen) atoms. The molecule has 3 rings (SSSR count). The third-order valence-corrected chi connectivity index (χ3v) is 4.59. The molecule has 0 saturated carbocycles. The molecule has 0 spiro atoms. The van der Waals surface area contributed by atoms with Crippen LogP contribution >= 0.6 is 0 Å². The summed E-state index contributed by atoms with van der Waals surface area (Å²) in [7, 11) is 1.53. The first kappa shape index (κ1) is 23.1. The van der Waals surface area contributed by atoms with E-state index in [1.165, 1.54) is 13.3 Å². The van der Waals surface area contributed by atoms with Crippen LogP contribution in [0.2, 0.25) is 0 Å². The molecule has 0 radical (unpaired) electrons. The van der Waals surface area contributed by atoms with Gasteiger partial charge in [0.15, 0.2) is 0 Å². The molecule has 1 heterocycles. The number of methoxy groups -OCH3 is 1. The van der Waals surface area contributed by atoms with Gasteiger partial charge in [-0.05, 0) is 36.2 Å². The maximum absolute atomic E-state index is 12.2. The Hall–Kier alpha value is -4.55. The van der Waals surface area contributed by atoms with Crippen molar-refractivity contribution >= 4 is 11.7 Å². The molecule has 0 atom stereocenters. The highest BCUT2D eigenvalue weighted by atomic mass is 16.6. The molecule has 2 aromatic carbocycles. The summed E-state index contributed by atoms with van der Waals surface area (Å²) in [5.74, 6) is 7.81. The zero-order chi connectivity index (χ0) is 23.6. The van der Waals surface area contributed by atoms with E-state index in [0.29, 0.717) is 23.8 Å². The second-order valence-electron chi connectivity index (χ2n) is 6.86. The average Bonchev–Trinajstić information content (AvgIpc) is 2.84. The van der Waals surface area contributed by atoms with Crippen molar-refractivity contribution in [2.24, 2.45) is 5.90 Å². The number of hydrogen-bond donors (Lipinski definition) is 4. The molecule has 0 bridgehead atoms. The van der Waals surface area contributed by atoms with Gasteiger partial charge in [0.05, 0.1) is 19.0 Å². The normalized spacial score (nSPS) is 10.7. The Morgan fingerprint density at radius 2 is 2.03 bits per heavy atom. The van der Waals surface area contributed by atoms with E-state index in [1.807, 2.05) is 31.2 Å². The molecule has 0 saturated heterocycles. The summed E-state index contributed by atoms with van der Waals surface area (Å²) in [6.07, 6.45) is 8.57. The number of carbonyl (C=O) groups excluding carboxylic acids is 1. The van der Waals surface area contributed by atoms with Crippen LogP contribution in [0.15, 0.2) is 66.8 Å². The highest BCUT2D eigenvalue weighted by molar-refractivity contribution is 5.90. The van der Waals surface area contributed by atoms with E-state index in [4.69, 9.17) is 21.9 Å². The van der Waals surface area contributed by atoms with Gasteiger partial charge in [0, 0.05) is 29.6 Å². The van der Waals surface area contributed by atoms with Gasteiger partial charge in [0.1, 0.15) is 0 Å². The topological polar surface area (TPSA) is 123 Å². The number of nitrogens with one attached hydrogen (secondary N) is 3. The predicted molar refractivity (Wildman–Crippen MR) is 125 cm³/mol. The molecule has 0 fully saturated rings. The van der Waals surface area contributed by atoms with Crippen LogP contribution in [0.25, 0.3) is 11.1 Å². The van der Waals surface area contributed by atoms with Crippen LogP contribution in [-0.4, -0.2) is 23.1 Å². The van der Waals surface area contributed by atoms with Gasteiger partial charge in [-0.1, -0.05) is 36.3 Å². The van der Waals surface area contributed by atoms with Crippen LogP contribution < -0.4 is 26.6 Å². The van der Waals surface area contributed by atoms with Crippen LogP contribution in [0.3, 0.4) is 0 Å². The Labute approximate surface area is 192 Å². The van der Waals surface area contributed by atoms with Gasteiger partial charge >= 0.3 is 12.0 Å². The van der Waals surface area contributed by atoms with Gasteiger partial charge in [-0.25, -0.2) is 9.78 Å². The minimum atomic E-state index is -0.524. The van der Waals surface area contributed by atoms with Crippen molar-refractivity contribution in [3.63, 3.8) is 0 Å². The number of aromatic nitrogens is 2. The highest BCUT2D eigenvalue weighted by Gasteiger charge is 2.07. The molecule has 0 aliphatic rings. The summed E-state index contributed by atoms with van der Waals surface area (Å²) in [5.41, 5.74) is 4.96. The standard InChI is InChI=1S/C24H24N6O3/c1-4-17-6-5-7-20(12-17)29-23(31)30-22(33-25)15-26-13-18-8-10-19(11-9-18)21-14-27-24(32-3)28-16(21)2/h1,5-12,14-15,26H,13,25H2,2-3H3,(H2,29,30,31)/b22-15-. The molecule has 3 aromatic rings. The lowest BCUT2D eigenvalue weighted by atomic mass is 10.0. The van der Waals surface area contributed by atoms with Gasteiger partial charge in [0.2, 0.25) is 5.88 Å². The number of amides is 2. The summed E-state index contributed by atoms with van der Waals surface area (Å²) in [4.78, 5) is 25.3. The molecule has 2 amide bonds. The summed E-state index contributed by atoms with van der Waals surface area (Å²) >= 11 is 0. The fraction of sp³-hybridized carbons (Fsp3) is 0.125. The van der Waals surface area contributed by atoms with Crippen molar-refractivity contribution in [3.8, 4) is 29.5 Å². The number of anilines is 1. The molecule has 1 aromatic heterocycles. The SMILES string of the molecule is C#Cc1cccc(NC(=O)N/C(=C/NCc2ccc(-c3cnc(OC)nc3C)cc2)ON)c1. The first-order valence-electron chi connectivity index (χ1n) is 9.94. The number of nitrogens with two attached hydrogens (primary N) is 1. The van der Waals surface area contributed by atoms with Gasteiger partial charge in [-0.2, -0.15) is 10.9 Å². The number of ether oxygens (including phenoxy) is 1. The Morgan fingerprint density at radius 3 is 2.70 bits per heavy atom. The van der Waals surface area contributed by atoms with Crippen LogP contribution in [0.5, 0.6) is 6.01 Å². The summed E-state index contributed by atoms with van der Waals surface area (Å²) in [6.45, 7) is 2.39. The maximum atomic E-state index is 12.2. The molecule has 5 N–H and O–H groups in total. The quantitative estimate of drug-likeness (QED) is 0.239. The van der Waals surface area contributed by atoms with Crippen LogP contribution in [0.1, 0.15) is 16.8 Å². The monoisotopic (exact) mass is 444 g/mol. The zero-order valence-electron chi connectivity index (χ0n) is 18.3. The number of benzene rings is 2. The van der Waals surface area contributed by atoms with Gasteiger partial charge in [-0.15, -0.1) is 6.42 Å². The van der Waals surface area contributed by atoms with Crippen molar-refractivity contribution in [1.29, 1.82) is 0 Å². The third kappa shape index (κ3) is 6.46. The molecular weight excluding hydrogens is 420 g/mol. The Morgan fingerprint density at radius 1 is 1.24 bits per heavy atom. The van der Waals surface area contributed by atoms with Crippen LogP contribution in [0.4, 0.5) is 10.5 Å². The van der Waals surface area contributed by atoms with Crippen molar-refractivity contribution in [2.45, 2.75) is 13.5 Å². The fourth-order valence-electron chi connectivity index (χ4n) is 2.95. The minimum Gasteiger partial charge on any atom is -0.467 e. The van der Waals surface area contributed by atoms with Crippen molar-refractivity contribution in [1.82, 2.24) is 20.6 Å². The van der Waals surface area contributed by atoms with Gasteiger partial charge < -0.3 is 20.2 Å². The van der Waals surface area contributed by atoms with E-state index in [2.05, 4.69) is 31.8 Å². The average molecular weight is 444 g/mol. The second-order valence-corrected chi connectivity index (χ2v) is 6.86. The Bertz CT molecular complexity index is 1190. The van der Waals surface area contributed by atoms with Gasteiger partial charge in [0.25, 0.3) is 0 Å². The third-order valence-electron chi connectivity index (χ3n) is 4.59. The number of rotatable bonds is 8. The largest absolute Gasteiger partial charge is 0.467 e. The van der Waals surface area contributed by atoms with E-state index in [0.717, 1.165) is 22.4 Å². The van der Waals surface area contributed by atoms with E-state index in [9.17, 15) is 4.79 Å². The fourth-order valence-corrected chi connectivity index (χ4v) is 2.95. The van der Waals surface area contributed by atoms with E-state index in [1.54, 1.807) is 30.5 Å². The second kappa shape index (κ2) is 11.2. The van der Waals surface area contributed by atoms with E-state index >= 15 is 0 Å². The van der Waals surface area contributed by atoms with E-state index < -0.39 is 6.03 Å². The van der Waals surface area contributed by atoms with Gasteiger partial charge in [-0.3, -0.25) is 5.32 Å². The molecule has 9 heteroatoms. The summed E-state index contributed by atoms with van der Waals surface area (Å²) in [5, 5.41) is 8.21. The number of terminal acetylenes is 1. The Kier molecular flexibility index (Phi) is 7.83. The Balaban J connectivity index is 1.55. The number of hydrogen-bond acceptors (Lipinski definition) is 7. The predicted octanol–water partition coefficient (Wildman–Crippen LogP) is 3.04. The van der Waals surface area contributed by atoms with Crippen LogP contribution in [0, 0.1) is 19.3 Å². The smallest absolute Gasteiger partial charge is 0.326 e. The minimum absolute atomic E-state index is 0.0447. The van der Waals surface area contributed by atoms with Crippen LogP contribution in [-0.2, 0) is 11.4 Å². The van der Waals surface area contributed by atoms with E-state index in [-0.39, 0.29) is 5.88 Å². The molecule has 9 nitrogen and oxygen atoms in total. The number of carbonyl (C=O) groups is 1. The molecule has 0 unspecified atom stereocenters. The summed E-state index contributed by atoms with van der Waals surface area (Å²) in [6, 6.07) is 14.6. The lowest BCUT2D eigenvalue weighted by molar-refractivity contribution is 0.193. The first-order valence-corrected chi connectivity index (χ1v) is 9.94. The molecule has 168 valence electrons.